The van der Waals surface area contributed by atoms with Crippen LogP contribution < -0.4 is 5.73 Å². The van der Waals surface area contributed by atoms with Gasteiger partial charge in [0.15, 0.2) is 0 Å². The van der Waals surface area contributed by atoms with Gasteiger partial charge in [0.1, 0.15) is 0 Å². The minimum absolute atomic E-state index is 0.191. The van der Waals surface area contributed by atoms with Crippen molar-refractivity contribution in [2.45, 2.75) is 45.2 Å². The van der Waals surface area contributed by atoms with E-state index in [9.17, 15) is 4.79 Å². The van der Waals surface area contributed by atoms with E-state index >= 15 is 0 Å². The number of piperidine rings is 1. The van der Waals surface area contributed by atoms with Crippen LogP contribution in [0.15, 0.2) is 0 Å². The molecule has 1 heterocycles. The normalized spacial score (nSPS) is 30.4. The van der Waals surface area contributed by atoms with Gasteiger partial charge >= 0.3 is 0 Å². The lowest BCUT2D eigenvalue weighted by Gasteiger charge is -2.36. The van der Waals surface area contributed by atoms with Crippen LogP contribution in [0.5, 0.6) is 0 Å². The fourth-order valence-electron chi connectivity index (χ4n) is 1.69. The van der Waals surface area contributed by atoms with Gasteiger partial charge in [0, 0.05) is 25.0 Å². The van der Waals surface area contributed by atoms with Crippen molar-refractivity contribution >= 4 is 5.91 Å². The smallest absolute Gasteiger partial charge is 0.222 e. The third-order valence-electron chi connectivity index (χ3n) is 2.54. The predicted molar refractivity (Wildman–Crippen MR) is 48.7 cm³/mol. The molecule has 1 fully saturated rings. The first-order chi connectivity index (χ1) is 5.65. The lowest BCUT2D eigenvalue weighted by Crippen LogP contribution is -2.50. The molecule has 2 atom stereocenters. The maximum Gasteiger partial charge on any atom is 0.222 e. The Morgan fingerprint density at radius 3 is 2.83 bits per heavy atom. The van der Waals surface area contributed by atoms with E-state index in [4.69, 9.17) is 5.73 Å². The van der Waals surface area contributed by atoms with Gasteiger partial charge in [-0.15, -0.1) is 0 Å². The lowest BCUT2D eigenvalue weighted by molar-refractivity contribution is -0.134. The summed E-state index contributed by atoms with van der Waals surface area (Å²) in [5.74, 6) is 0.234. The van der Waals surface area contributed by atoms with Gasteiger partial charge in [0.2, 0.25) is 5.91 Å². The van der Waals surface area contributed by atoms with Crippen molar-refractivity contribution in [3.8, 4) is 0 Å². The van der Waals surface area contributed by atoms with Crippen molar-refractivity contribution < 1.29 is 4.79 Å². The van der Waals surface area contributed by atoms with Crippen molar-refractivity contribution in [3.05, 3.63) is 0 Å². The summed E-state index contributed by atoms with van der Waals surface area (Å²) in [6, 6.07) is 0.578. The van der Waals surface area contributed by atoms with E-state index in [0.717, 1.165) is 19.4 Å². The number of hydrogen-bond donors (Lipinski definition) is 1. The summed E-state index contributed by atoms with van der Waals surface area (Å²) in [6.07, 6.45) is 2.69. The summed E-state index contributed by atoms with van der Waals surface area (Å²) in [7, 11) is 0. The summed E-state index contributed by atoms with van der Waals surface area (Å²) in [6.45, 7) is 4.74. The molecule has 0 aromatic rings. The molecule has 0 aliphatic carbocycles. The molecule has 0 bridgehead atoms. The second kappa shape index (κ2) is 3.90. The molecular formula is C9H18N2O. The van der Waals surface area contributed by atoms with E-state index in [0.29, 0.717) is 12.5 Å². The van der Waals surface area contributed by atoms with Crippen LogP contribution in [0.2, 0.25) is 0 Å². The predicted octanol–water partition coefficient (Wildman–Crippen LogP) is 0.735. The van der Waals surface area contributed by atoms with Gasteiger partial charge in [-0.3, -0.25) is 4.79 Å². The van der Waals surface area contributed by atoms with Crippen molar-refractivity contribution in [3.63, 3.8) is 0 Å². The average molecular weight is 170 g/mol. The van der Waals surface area contributed by atoms with Gasteiger partial charge < -0.3 is 10.6 Å². The third-order valence-corrected chi connectivity index (χ3v) is 2.54. The third kappa shape index (κ3) is 1.97. The van der Waals surface area contributed by atoms with Crippen LogP contribution in [0.25, 0.3) is 0 Å². The number of nitrogens with zero attached hydrogens (tertiary/aromatic N) is 1. The van der Waals surface area contributed by atoms with Gasteiger partial charge in [-0.1, -0.05) is 6.92 Å². The molecule has 0 aromatic heterocycles. The Morgan fingerprint density at radius 2 is 2.25 bits per heavy atom. The molecule has 0 aromatic carbocycles. The zero-order chi connectivity index (χ0) is 9.14. The molecule has 0 radical (unpaired) electrons. The molecule has 1 aliphatic heterocycles. The van der Waals surface area contributed by atoms with Gasteiger partial charge in [-0.25, -0.2) is 0 Å². The summed E-state index contributed by atoms with van der Waals surface area (Å²) < 4.78 is 0. The summed E-state index contributed by atoms with van der Waals surface area (Å²) >= 11 is 0. The van der Waals surface area contributed by atoms with Gasteiger partial charge in [-0.2, -0.15) is 0 Å². The Morgan fingerprint density at radius 1 is 1.58 bits per heavy atom. The number of rotatable bonds is 1. The number of carbonyl (C=O) groups is 1. The maximum absolute atomic E-state index is 11.4. The Hall–Kier alpha value is -0.570. The van der Waals surface area contributed by atoms with Crippen molar-refractivity contribution in [1.82, 2.24) is 4.90 Å². The minimum Gasteiger partial charge on any atom is -0.338 e. The molecule has 2 unspecified atom stereocenters. The van der Waals surface area contributed by atoms with Crippen LogP contribution in [-0.4, -0.2) is 29.4 Å². The van der Waals surface area contributed by atoms with E-state index in [2.05, 4.69) is 6.92 Å². The fraction of sp³-hybridized carbons (Fsp3) is 0.889. The number of likely N-dealkylation sites (tertiary alicyclic amines) is 1. The highest BCUT2D eigenvalue weighted by molar-refractivity contribution is 5.76. The standard InChI is InChI=1S/C9H18N2O/c1-3-9(12)11-6-8(10)5-4-7(11)2/h7-8H,3-6,10H2,1-2H3. The number of carbonyl (C=O) groups excluding carboxylic acids is 1. The topological polar surface area (TPSA) is 46.3 Å². The molecule has 1 saturated heterocycles. The SMILES string of the molecule is CCC(=O)N1CC(N)CCC1C. The average Bonchev–Trinajstić information content (AvgIpc) is 2.08. The number of amides is 1. The van der Waals surface area contributed by atoms with Gasteiger partial charge in [-0.05, 0) is 19.8 Å². The van der Waals surface area contributed by atoms with E-state index in [1.807, 2.05) is 11.8 Å². The zero-order valence-corrected chi connectivity index (χ0v) is 7.92. The molecule has 70 valence electrons. The van der Waals surface area contributed by atoms with Crippen molar-refractivity contribution in [2.24, 2.45) is 5.73 Å². The van der Waals surface area contributed by atoms with Crippen LogP contribution in [-0.2, 0) is 4.79 Å². The van der Waals surface area contributed by atoms with E-state index in [1.165, 1.54) is 0 Å². The van der Waals surface area contributed by atoms with Crippen LogP contribution in [0.3, 0.4) is 0 Å². The summed E-state index contributed by atoms with van der Waals surface area (Å²) in [4.78, 5) is 13.3. The monoisotopic (exact) mass is 170 g/mol. The van der Waals surface area contributed by atoms with E-state index < -0.39 is 0 Å². The molecule has 1 aliphatic rings. The van der Waals surface area contributed by atoms with Crippen molar-refractivity contribution in [2.75, 3.05) is 6.54 Å². The molecule has 1 amide bonds. The second-order valence-corrected chi connectivity index (χ2v) is 3.59. The van der Waals surface area contributed by atoms with Crippen LogP contribution in [0.1, 0.15) is 33.1 Å². The minimum atomic E-state index is 0.191. The molecule has 3 nitrogen and oxygen atoms in total. The Balaban J connectivity index is 2.54. The largest absolute Gasteiger partial charge is 0.338 e. The highest BCUT2D eigenvalue weighted by Gasteiger charge is 2.25. The molecule has 0 spiro atoms. The number of hydrogen-bond acceptors (Lipinski definition) is 2. The maximum atomic E-state index is 11.4. The van der Waals surface area contributed by atoms with Gasteiger partial charge in [0.25, 0.3) is 0 Å². The zero-order valence-electron chi connectivity index (χ0n) is 7.92. The molecule has 1 rings (SSSR count). The number of nitrogens with two attached hydrogens (primary N) is 1. The summed E-state index contributed by atoms with van der Waals surface area (Å²) in [5, 5.41) is 0. The first-order valence-electron chi connectivity index (χ1n) is 4.70. The Bertz CT molecular complexity index is 170. The van der Waals surface area contributed by atoms with Crippen molar-refractivity contribution in [1.29, 1.82) is 0 Å². The molecule has 3 heteroatoms. The molecule has 12 heavy (non-hydrogen) atoms. The lowest BCUT2D eigenvalue weighted by atomic mass is 10.00. The molecule has 2 N–H and O–H groups in total. The Labute approximate surface area is 73.9 Å². The van der Waals surface area contributed by atoms with Crippen LogP contribution in [0.4, 0.5) is 0 Å². The van der Waals surface area contributed by atoms with E-state index in [-0.39, 0.29) is 11.9 Å². The second-order valence-electron chi connectivity index (χ2n) is 3.59. The first kappa shape index (κ1) is 9.52. The highest BCUT2D eigenvalue weighted by Crippen LogP contribution is 2.16. The molecule has 0 saturated carbocycles. The molecular weight excluding hydrogens is 152 g/mol. The van der Waals surface area contributed by atoms with Crippen LogP contribution >= 0.6 is 0 Å². The highest BCUT2D eigenvalue weighted by atomic mass is 16.2. The fourth-order valence-corrected chi connectivity index (χ4v) is 1.69. The van der Waals surface area contributed by atoms with Gasteiger partial charge in [0.05, 0.1) is 0 Å². The quantitative estimate of drug-likeness (QED) is 0.630. The van der Waals surface area contributed by atoms with Crippen LogP contribution in [0, 0.1) is 0 Å². The summed E-state index contributed by atoms with van der Waals surface area (Å²) in [5.41, 5.74) is 5.79. The first-order valence-corrected chi connectivity index (χ1v) is 4.70. The Kier molecular flexibility index (Phi) is 3.09. The van der Waals surface area contributed by atoms with E-state index in [1.54, 1.807) is 0 Å².